The summed E-state index contributed by atoms with van der Waals surface area (Å²) in [4.78, 5) is 14.4. The number of aromatic nitrogens is 3. The number of ether oxygens (including phenoxy) is 3. The van der Waals surface area contributed by atoms with Crippen molar-refractivity contribution in [2.24, 2.45) is 7.05 Å². The van der Waals surface area contributed by atoms with Gasteiger partial charge < -0.3 is 23.7 Å². The summed E-state index contributed by atoms with van der Waals surface area (Å²) in [7, 11) is 1.88. The van der Waals surface area contributed by atoms with E-state index in [9.17, 15) is 4.79 Å². The first-order valence-corrected chi connectivity index (χ1v) is 9.82. The molecular weight excluding hydrogens is 368 g/mol. The molecule has 0 radical (unpaired) electrons. The van der Waals surface area contributed by atoms with Gasteiger partial charge in [0.15, 0.2) is 28.6 Å². The molecule has 0 saturated carbocycles. The molecule has 1 saturated heterocycles. The predicted octanol–water partition coefficient (Wildman–Crippen LogP) is 1.67. The third kappa shape index (κ3) is 3.74. The molecule has 4 rings (SSSR count). The molecule has 0 bridgehead atoms. The maximum Gasteiger partial charge on any atom is 0.236 e. The number of amides is 1. The van der Waals surface area contributed by atoms with Gasteiger partial charge in [0.1, 0.15) is 6.61 Å². The van der Waals surface area contributed by atoms with Crippen LogP contribution in [-0.2, 0) is 16.6 Å². The summed E-state index contributed by atoms with van der Waals surface area (Å²) in [6.45, 7) is 4.74. The molecular formula is C18H22N4O4S. The number of carbonyl (C=O) groups excluding carboxylic acids is 1. The Labute approximate surface area is 161 Å². The number of morpholine rings is 1. The van der Waals surface area contributed by atoms with E-state index in [2.05, 4.69) is 10.2 Å². The second-order valence-corrected chi connectivity index (χ2v) is 7.77. The SMILES string of the molecule is C[C@@H](Sc1nnc([C@@H]2COc3ccccc3O2)n1C)C(=O)N1CCOCC1. The van der Waals surface area contributed by atoms with Crippen molar-refractivity contribution in [2.45, 2.75) is 23.4 Å². The number of hydrogen-bond donors (Lipinski definition) is 0. The Hall–Kier alpha value is -2.26. The molecule has 2 atom stereocenters. The van der Waals surface area contributed by atoms with Gasteiger partial charge in [-0.2, -0.15) is 0 Å². The van der Waals surface area contributed by atoms with Crippen molar-refractivity contribution in [1.82, 2.24) is 19.7 Å². The van der Waals surface area contributed by atoms with Gasteiger partial charge in [0.05, 0.1) is 18.5 Å². The lowest BCUT2D eigenvalue weighted by Crippen LogP contribution is -2.44. The molecule has 0 spiro atoms. The maximum absolute atomic E-state index is 12.6. The molecule has 27 heavy (non-hydrogen) atoms. The summed E-state index contributed by atoms with van der Waals surface area (Å²) >= 11 is 1.40. The Morgan fingerprint density at radius 1 is 1.22 bits per heavy atom. The van der Waals surface area contributed by atoms with Crippen LogP contribution in [0.5, 0.6) is 11.5 Å². The van der Waals surface area contributed by atoms with Crippen LogP contribution in [0.15, 0.2) is 29.4 Å². The number of rotatable bonds is 4. The highest BCUT2D eigenvalue weighted by molar-refractivity contribution is 8.00. The van der Waals surface area contributed by atoms with E-state index in [1.54, 1.807) is 0 Å². The average Bonchev–Trinajstić information content (AvgIpc) is 3.08. The standard InChI is InChI=1S/C18H22N4O4S/c1-12(17(23)22-7-9-24-10-8-22)27-18-20-19-16(21(18)2)15-11-25-13-5-3-4-6-14(13)26-15/h3-6,12,15H,7-11H2,1-2H3/t12-,15+/m1/s1. The van der Waals surface area contributed by atoms with Crippen LogP contribution in [0.2, 0.25) is 0 Å². The zero-order chi connectivity index (χ0) is 18.8. The monoisotopic (exact) mass is 390 g/mol. The average molecular weight is 390 g/mol. The van der Waals surface area contributed by atoms with E-state index < -0.39 is 0 Å². The minimum atomic E-state index is -0.336. The number of nitrogens with zero attached hydrogens (tertiary/aromatic N) is 4. The van der Waals surface area contributed by atoms with E-state index in [4.69, 9.17) is 14.2 Å². The fourth-order valence-corrected chi connectivity index (χ4v) is 4.01. The molecule has 1 amide bonds. The fourth-order valence-electron chi connectivity index (χ4n) is 3.11. The van der Waals surface area contributed by atoms with E-state index in [0.717, 1.165) is 5.75 Å². The first kappa shape index (κ1) is 18.1. The Kier molecular flexibility index (Phi) is 5.22. The van der Waals surface area contributed by atoms with Crippen molar-refractivity contribution in [1.29, 1.82) is 0 Å². The Morgan fingerprint density at radius 3 is 2.74 bits per heavy atom. The van der Waals surface area contributed by atoms with E-state index in [0.29, 0.717) is 49.6 Å². The summed E-state index contributed by atoms with van der Waals surface area (Å²) in [5.41, 5.74) is 0. The molecule has 1 aromatic heterocycles. The van der Waals surface area contributed by atoms with Gasteiger partial charge in [-0.25, -0.2) is 0 Å². The second kappa shape index (κ2) is 7.77. The highest BCUT2D eigenvalue weighted by Gasteiger charge is 2.29. The van der Waals surface area contributed by atoms with E-state index in [1.165, 1.54) is 11.8 Å². The van der Waals surface area contributed by atoms with Gasteiger partial charge >= 0.3 is 0 Å². The molecule has 0 unspecified atom stereocenters. The molecule has 8 nitrogen and oxygen atoms in total. The lowest BCUT2D eigenvalue weighted by Gasteiger charge is -2.29. The van der Waals surface area contributed by atoms with E-state index >= 15 is 0 Å². The van der Waals surface area contributed by atoms with Crippen molar-refractivity contribution in [3.8, 4) is 11.5 Å². The van der Waals surface area contributed by atoms with Crippen molar-refractivity contribution in [2.75, 3.05) is 32.9 Å². The smallest absolute Gasteiger partial charge is 0.236 e. The van der Waals surface area contributed by atoms with Gasteiger partial charge in [-0.3, -0.25) is 4.79 Å². The van der Waals surface area contributed by atoms with Crippen molar-refractivity contribution in [3.63, 3.8) is 0 Å². The molecule has 144 valence electrons. The van der Waals surface area contributed by atoms with E-state index in [1.807, 2.05) is 47.7 Å². The Morgan fingerprint density at radius 2 is 1.96 bits per heavy atom. The first-order chi connectivity index (χ1) is 13.1. The molecule has 2 aliphatic heterocycles. The van der Waals surface area contributed by atoms with Crippen LogP contribution in [0.25, 0.3) is 0 Å². The van der Waals surface area contributed by atoms with Crippen LogP contribution in [0.3, 0.4) is 0 Å². The number of benzene rings is 1. The number of carbonyl (C=O) groups is 1. The van der Waals surface area contributed by atoms with Gasteiger partial charge in [0.25, 0.3) is 0 Å². The zero-order valence-corrected chi connectivity index (χ0v) is 16.1. The van der Waals surface area contributed by atoms with Gasteiger partial charge in [0, 0.05) is 20.1 Å². The maximum atomic E-state index is 12.6. The summed E-state index contributed by atoms with van der Waals surface area (Å²) in [6, 6.07) is 7.56. The zero-order valence-electron chi connectivity index (χ0n) is 15.3. The molecule has 2 aliphatic rings. The van der Waals surface area contributed by atoms with Crippen LogP contribution in [0, 0.1) is 0 Å². The first-order valence-electron chi connectivity index (χ1n) is 8.94. The molecule has 1 fully saturated rings. The predicted molar refractivity (Wildman–Crippen MR) is 99.0 cm³/mol. The summed E-state index contributed by atoms with van der Waals surface area (Å²) in [5.74, 6) is 2.20. The molecule has 0 N–H and O–H groups in total. The second-order valence-electron chi connectivity index (χ2n) is 6.46. The lowest BCUT2D eigenvalue weighted by molar-refractivity contribution is -0.134. The third-order valence-corrected chi connectivity index (χ3v) is 5.74. The summed E-state index contributed by atoms with van der Waals surface area (Å²) in [6.07, 6.45) is -0.336. The molecule has 1 aromatic carbocycles. The highest BCUT2D eigenvalue weighted by Crippen LogP contribution is 2.36. The quantitative estimate of drug-likeness (QED) is 0.735. The van der Waals surface area contributed by atoms with Gasteiger partial charge in [0.2, 0.25) is 5.91 Å². The number of thioether (sulfide) groups is 1. The van der Waals surface area contributed by atoms with E-state index in [-0.39, 0.29) is 17.3 Å². The van der Waals surface area contributed by atoms with Crippen LogP contribution in [0.4, 0.5) is 0 Å². The van der Waals surface area contributed by atoms with Crippen molar-refractivity contribution >= 4 is 17.7 Å². The summed E-state index contributed by atoms with van der Waals surface area (Å²) in [5, 5.41) is 8.97. The minimum Gasteiger partial charge on any atom is -0.485 e. The fraction of sp³-hybridized carbons (Fsp3) is 0.500. The number of hydrogen-bond acceptors (Lipinski definition) is 7. The van der Waals surface area contributed by atoms with Gasteiger partial charge in [-0.15, -0.1) is 10.2 Å². The molecule has 3 heterocycles. The topological polar surface area (TPSA) is 78.7 Å². The molecule has 0 aliphatic carbocycles. The number of para-hydroxylation sites is 2. The van der Waals surface area contributed by atoms with Crippen molar-refractivity contribution in [3.05, 3.63) is 30.1 Å². The number of fused-ring (bicyclic) bond motifs is 1. The van der Waals surface area contributed by atoms with Crippen LogP contribution in [-0.4, -0.2) is 63.7 Å². The summed E-state index contributed by atoms with van der Waals surface area (Å²) < 4.78 is 19.0. The largest absolute Gasteiger partial charge is 0.485 e. The molecule has 9 heteroatoms. The normalized spacial score (nSPS) is 20.4. The molecule has 2 aromatic rings. The van der Waals surface area contributed by atoms with Gasteiger partial charge in [-0.05, 0) is 19.1 Å². The highest BCUT2D eigenvalue weighted by atomic mass is 32.2. The lowest BCUT2D eigenvalue weighted by atomic mass is 10.2. The van der Waals surface area contributed by atoms with Crippen LogP contribution in [0.1, 0.15) is 18.9 Å². The minimum absolute atomic E-state index is 0.0963. The van der Waals surface area contributed by atoms with Crippen LogP contribution >= 0.6 is 11.8 Å². The Balaban J connectivity index is 1.44. The Bertz CT molecular complexity index is 821. The van der Waals surface area contributed by atoms with Gasteiger partial charge in [-0.1, -0.05) is 23.9 Å². The van der Waals surface area contributed by atoms with Crippen LogP contribution < -0.4 is 9.47 Å². The van der Waals surface area contributed by atoms with Crippen molar-refractivity contribution < 1.29 is 19.0 Å². The third-order valence-electron chi connectivity index (χ3n) is 4.62.